The highest BCUT2D eigenvalue weighted by Crippen LogP contribution is 2.11. The average molecular weight is 425 g/mol. The molecule has 8 heteroatoms. The Morgan fingerprint density at radius 2 is 1.94 bits per heavy atom. The van der Waals surface area contributed by atoms with Crippen molar-refractivity contribution in [3.8, 4) is 0 Å². The van der Waals surface area contributed by atoms with Crippen LogP contribution in [-0.4, -0.2) is 27.5 Å². The molecule has 0 spiro atoms. The van der Waals surface area contributed by atoms with Gasteiger partial charge in [0, 0.05) is 19.5 Å². The van der Waals surface area contributed by atoms with E-state index in [9.17, 15) is 18.8 Å². The smallest absolute Gasteiger partial charge is 0.306 e. The largest absolute Gasteiger partial charge is 0.453 e. The first-order valence-electron chi connectivity index (χ1n) is 10.0. The molecule has 0 saturated carbocycles. The van der Waals surface area contributed by atoms with E-state index in [0.29, 0.717) is 23.9 Å². The van der Waals surface area contributed by atoms with Gasteiger partial charge in [-0.05, 0) is 49.6 Å². The molecule has 0 aliphatic rings. The average Bonchev–Trinajstić information content (AvgIpc) is 2.75. The maximum Gasteiger partial charge on any atom is 0.306 e. The van der Waals surface area contributed by atoms with Gasteiger partial charge < -0.3 is 10.1 Å². The second-order valence-electron chi connectivity index (χ2n) is 7.29. The van der Waals surface area contributed by atoms with E-state index in [-0.39, 0.29) is 24.3 Å². The van der Waals surface area contributed by atoms with Crippen LogP contribution in [0.5, 0.6) is 0 Å². The Bertz CT molecular complexity index is 1140. The number of carbonyl (C=O) groups excluding carboxylic acids is 2. The summed E-state index contributed by atoms with van der Waals surface area (Å²) >= 11 is 0. The number of fused-ring (bicyclic) bond motifs is 1. The molecule has 2 aromatic carbocycles. The predicted molar refractivity (Wildman–Crippen MR) is 114 cm³/mol. The zero-order chi connectivity index (χ0) is 22.4. The first-order valence-corrected chi connectivity index (χ1v) is 10.0. The molecule has 0 saturated heterocycles. The molecule has 3 rings (SSSR count). The fraction of sp³-hybridized carbons (Fsp3) is 0.304. The number of esters is 1. The van der Waals surface area contributed by atoms with Gasteiger partial charge in [-0.2, -0.15) is 0 Å². The summed E-state index contributed by atoms with van der Waals surface area (Å²) in [6.07, 6.45) is 0.963. The number of halogens is 1. The van der Waals surface area contributed by atoms with E-state index in [1.54, 1.807) is 18.2 Å². The van der Waals surface area contributed by atoms with Crippen molar-refractivity contribution < 1.29 is 18.7 Å². The monoisotopic (exact) mass is 425 g/mol. The predicted octanol–water partition coefficient (Wildman–Crippen LogP) is 2.87. The Morgan fingerprint density at radius 3 is 2.68 bits per heavy atom. The summed E-state index contributed by atoms with van der Waals surface area (Å²) in [5.74, 6) is -1.32. The van der Waals surface area contributed by atoms with Gasteiger partial charge in [0.05, 0.1) is 17.2 Å². The molecule has 1 atom stereocenters. The minimum atomic E-state index is -0.957. The lowest BCUT2D eigenvalue weighted by Crippen LogP contribution is -2.35. The van der Waals surface area contributed by atoms with Gasteiger partial charge in [-0.25, -0.2) is 9.37 Å². The standard InChI is InChI=1S/C23H24FN3O4/c1-15-5-3-6-19-21(15)26-14-27(23(19)30)12-4-7-20(28)31-16(2)22(29)25-13-17-8-10-18(24)11-9-17/h3,5-6,8-11,14,16H,4,7,12-13H2,1-2H3,(H,25,29). The highest BCUT2D eigenvalue weighted by molar-refractivity contribution is 5.83. The maximum atomic E-state index is 12.9. The number of hydrogen-bond acceptors (Lipinski definition) is 5. The summed E-state index contributed by atoms with van der Waals surface area (Å²) in [6.45, 7) is 3.90. The summed E-state index contributed by atoms with van der Waals surface area (Å²) in [5, 5.41) is 3.18. The summed E-state index contributed by atoms with van der Waals surface area (Å²) < 4.78 is 19.5. The normalized spacial score (nSPS) is 11.8. The first-order chi connectivity index (χ1) is 14.8. The lowest BCUT2D eigenvalue weighted by molar-refractivity contribution is -0.155. The number of rotatable bonds is 8. The van der Waals surface area contributed by atoms with Crippen LogP contribution in [0.25, 0.3) is 10.9 Å². The number of aryl methyl sites for hydroxylation is 2. The number of nitrogens with one attached hydrogen (secondary N) is 1. The second-order valence-corrected chi connectivity index (χ2v) is 7.29. The molecule has 1 unspecified atom stereocenters. The van der Waals surface area contributed by atoms with Crippen molar-refractivity contribution in [3.63, 3.8) is 0 Å². The molecule has 7 nitrogen and oxygen atoms in total. The van der Waals surface area contributed by atoms with Crippen LogP contribution in [-0.2, 0) is 27.4 Å². The number of nitrogens with zero attached hydrogens (tertiary/aromatic N) is 2. The van der Waals surface area contributed by atoms with Crippen molar-refractivity contribution in [2.75, 3.05) is 0 Å². The van der Waals surface area contributed by atoms with Crippen molar-refractivity contribution >= 4 is 22.8 Å². The third-order valence-electron chi connectivity index (χ3n) is 4.89. The molecule has 0 fully saturated rings. The molecule has 162 valence electrons. The van der Waals surface area contributed by atoms with Crippen LogP contribution in [0.4, 0.5) is 4.39 Å². The third kappa shape index (κ3) is 5.75. The van der Waals surface area contributed by atoms with E-state index in [4.69, 9.17) is 4.74 Å². The molecule has 1 N–H and O–H groups in total. The molecule has 31 heavy (non-hydrogen) atoms. The molecular formula is C23H24FN3O4. The van der Waals surface area contributed by atoms with Crippen LogP contribution in [0, 0.1) is 12.7 Å². The van der Waals surface area contributed by atoms with Gasteiger partial charge >= 0.3 is 5.97 Å². The van der Waals surface area contributed by atoms with Crippen LogP contribution >= 0.6 is 0 Å². The fourth-order valence-electron chi connectivity index (χ4n) is 3.14. The van der Waals surface area contributed by atoms with Gasteiger partial charge in [-0.3, -0.25) is 19.0 Å². The maximum absolute atomic E-state index is 12.9. The second kappa shape index (κ2) is 9.97. The number of benzene rings is 2. The van der Waals surface area contributed by atoms with E-state index < -0.39 is 18.0 Å². The lowest BCUT2D eigenvalue weighted by atomic mass is 10.1. The molecule has 3 aromatic rings. The summed E-state index contributed by atoms with van der Waals surface area (Å²) in [5.41, 5.74) is 2.18. The van der Waals surface area contributed by atoms with Crippen LogP contribution in [0.15, 0.2) is 53.6 Å². The third-order valence-corrected chi connectivity index (χ3v) is 4.89. The summed E-state index contributed by atoms with van der Waals surface area (Å²) in [7, 11) is 0. The Labute approximate surface area is 178 Å². The van der Waals surface area contributed by atoms with Crippen LogP contribution in [0.2, 0.25) is 0 Å². The van der Waals surface area contributed by atoms with Gasteiger partial charge in [0.1, 0.15) is 5.82 Å². The summed E-state index contributed by atoms with van der Waals surface area (Å²) in [4.78, 5) is 41.0. The SMILES string of the molecule is Cc1cccc2c(=O)n(CCCC(=O)OC(C)C(=O)NCc3ccc(F)cc3)cnc12. The highest BCUT2D eigenvalue weighted by Gasteiger charge is 2.17. The Hall–Kier alpha value is -3.55. The molecule has 0 bridgehead atoms. The number of aromatic nitrogens is 2. The van der Waals surface area contributed by atoms with Crippen molar-refractivity contribution in [3.05, 3.63) is 76.1 Å². The van der Waals surface area contributed by atoms with Crippen molar-refractivity contribution in [1.82, 2.24) is 14.9 Å². The minimum absolute atomic E-state index is 0.0634. The van der Waals surface area contributed by atoms with E-state index in [1.165, 1.54) is 30.0 Å². The molecule has 0 aliphatic carbocycles. The van der Waals surface area contributed by atoms with Gasteiger partial charge in [0.15, 0.2) is 6.10 Å². The molecule has 1 aromatic heterocycles. The molecule has 0 radical (unpaired) electrons. The van der Waals surface area contributed by atoms with Crippen LogP contribution in [0.3, 0.4) is 0 Å². The molecule has 1 heterocycles. The van der Waals surface area contributed by atoms with Crippen LogP contribution in [0.1, 0.15) is 30.9 Å². The van der Waals surface area contributed by atoms with E-state index in [0.717, 1.165) is 11.1 Å². The van der Waals surface area contributed by atoms with E-state index in [2.05, 4.69) is 10.3 Å². The number of ether oxygens (including phenoxy) is 1. The van der Waals surface area contributed by atoms with E-state index >= 15 is 0 Å². The first kappa shape index (κ1) is 22.1. The Morgan fingerprint density at radius 1 is 1.19 bits per heavy atom. The Kier molecular flexibility index (Phi) is 7.12. The van der Waals surface area contributed by atoms with Gasteiger partial charge in [-0.15, -0.1) is 0 Å². The van der Waals surface area contributed by atoms with Gasteiger partial charge in [0.2, 0.25) is 0 Å². The molecular weight excluding hydrogens is 401 g/mol. The topological polar surface area (TPSA) is 90.3 Å². The molecule has 0 aliphatic heterocycles. The highest BCUT2D eigenvalue weighted by atomic mass is 19.1. The van der Waals surface area contributed by atoms with Crippen molar-refractivity contribution in [1.29, 1.82) is 0 Å². The lowest BCUT2D eigenvalue weighted by Gasteiger charge is -2.14. The summed E-state index contributed by atoms with van der Waals surface area (Å²) in [6, 6.07) is 11.2. The number of amides is 1. The fourth-order valence-corrected chi connectivity index (χ4v) is 3.14. The Balaban J connectivity index is 1.46. The van der Waals surface area contributed by atoms with Crippen molar-refractivity contribution in [2.24, 2.45) is 0 Å². The number of carbonyl (C=O) groups is 2. The van der Waals surface area contributed by atoms with Crippen molar-refractivity contribution in [2.45, 2.75) is 45.9 Å². The van der Waals surface area contributed by atoms with Gasteiger partial charge in [-0.1, -0.05) is 24.3 Å². The van der Waals surface area contributed by atoms with Gasteiger partial charge in [0.25, 0.3) is 11.5 Å². The molecule has 1 amide bonds. The zero-order valence-electron chi connectivity index (χ0n) is 17.4. The number of para-hydroxylation sites is 1. The minimum Gasteiger partial charge on any atom is -0.453 e. The quantitative estimate of drug-likeness (QED) is 0.561. The zero-order valence-corrected chi connectivity index (χ0v) is 17.4. The number of hydrogen-bond donors (Lipinski definition) is 1. The van der Waals surface area contributed by atoms with E-state index in [1.807, 2.05) is 19.1 Å². The van der Waals surface area contributed by atoms with Crippen LogP contribution < -0.4 is 10.9 Å².